The molecule has 0 spiro atoms. The molecular formula is C25H23N3O2. The molecule has 0 bridgehead atoms. The molecule has 0 saturated carbocycles. The van der Waals surface area contributed by atoms with Gasteiger partial charge >= 0.3 is 0 Å². The Labute approximate surface area is 174 Å². The van der Waals surface area contributed by atoms with Crippen LogP contribution in [0.25, 0.3) is 22.2 Å². The predicted octanol–water partition coefficient (Wildman–Crippen LogP) is 4.46. The van der Waals surface area contributed by atoms with Crippen molar-refractivity contribution in [1.29, 1.82) is 0 Å². The van der Waals surface area contributed by atoms with Gasteiger partial charge in [0, 0.05) is 19.0 Å². The van der Waals surface area contributed by atoms with E-state index < -0.39 is 0 Å². The Hall–Kier alpha value is -3.73. The van der Waals surface area contributed by atoms with Crippen LogP contribution in [0.3, 0.4) is 0 Å². The lowest BCUT2D eigenvalue weighted by Gasteiger charge is -2.07. The summed E-state index contributed by atoms with van der Waals surface area (Å²) in [5.41, 5.74) is 5.14. The van der Waals surface area contributed by atoms with Gasteiger partial charge in [0.15, 0.2) is 5.78 Å². The van der Waals surface area contributed by atoms with Crippen molar-refractivity contribution >= 4 is 22.7 Å². The zero-order valence-electron chi connectivity index (χ0n) is 17.1. The minimum atomic E-state index is -0.291. The zero-order valence-corrected chi connectivity index (χ0v) is 17.1. The number of ketones is 1. The third-order valence-corrected chi connectivity index (χ3v) is 5.14. The monoisotopic (exact) mass is 397 g/mol. The number of hydrogen-bond acceptors (Lipinski definition) is 2. The second-order valence-corrected chi connectivity index (χ2v) is 7.12. The van der Waals surface area contributed by atoms with Crippen molar-refractivity contribution in [2.75, 3.05) is 0 Å². The molecule has 0 aliphatic carbocycles. The van der Waals surface area contributed by atoms with Gasteiger partial charge in [-0.1, -0.05) is 66.7 Å². The van der Waals surface area contributed by atoms with Crippen molar-refractivity contribution in [1.82, 2.24) is 9.13 Å². The standard InChI is InChI=1S/C25H23N3O2/c1-3-27-22-11-7-8-12-23(22)28(25(27)26-18(2)29)17-24(30)21-15-13-20(14-16-21)19-9-5-4-6-10-19/h4-16H,3,17H2,1-2H3. The molecule has 1 heterocycles. The first-order chi connectivity index (χ1) is 14.6. The lowest BCUT2D eigenvalue weighted by molar-refractivity contribution is -0.116. The summed E-state index contributed by atoms with van der Waals surface area (Å²) in [4.78, 5) is 29.0. The van der Waals surface area contributed by atoms with Crippen LogP contribution in [-0.2, 0) is 17.9 Å². The third kappa shape index (κ3) is 3.74. The van der Waals surface area contributed by atoms with Crippen LogP contribution in [0, 0.1) is 0 Å². The van der Waals surface area contributed by atoms with Gasteiger partial charge in [0.25, 0.3) is 0 Å². The molecule has 5 nitrogen and oxygen atoms in total. The molecule has 1 amide bonds. The number of fused-ring (bicyclic) bond motifs is 1. The van der Waals surface area contributed by atoms with Gasteiger partial charge in [-0.25, -0.2) is 0 Å². The Morgan fingerprint density at radius 1 is 0.767 bits per heavy atom. The minimum absolute atomic E-state index is 0.0291. The number of aromatic nitrogens is 2. The highest BCUT2D eigenvalue weighted by molar-refractivity contribution is 5.97. The van der Waals surface area contributed by atoms with Gasteiger partial charge in [0.1, 0.15) is 0 Å². The summed E-state index contributed by atoms with van der Waals surface area (Å²) in [6, 6.07) is 25.5. The van der Waals surface area contributed by atoms with Gasteiger partial charge < -0.3 is 9.13 Å². The SMILES string of the molecule is CCn1c(=NC(C)=O)n(CC(=O)c2ccc(-c3ccccc3)cc2)c2ccccc21. The van der Waals surface area contributed by atoms with E-state index in [1.165, 1.54) is 6.92 Å². The van der Waals surface area contributed by atoms with Crippen LogP contribution in [-0.4, -0.2) is 20.8 Å². The van der Waals surface area contributed by atoms with Gasteiger partial charge in [-0.15, -0.1) is 0 Å². The van der Waals surface area contributed by atoms with E-state index >= 15 is 0 Å². The number of para-hydroxylation sites is 2. The normalized spacial score (nSPS) is 11.7. The van der Waals surface area contributed by atoms with E-state index in [4.69, 9.17) is 0 Å². The van der Waals surface area contributed by atoms with E-state index in [0.29, 0.717) is 17.7 Å². The van der Waals surface area contributed by atoms with E-state index in [9.17, 15) is 9.59 Å². The number of carbonyl (C=O) groups is 2. The number of aryl methyl sites for hydroxylation is 1. The number of nitrogens with zero attached hydrogens (tertiary/aromatic N) is 3. The van der Waals surface area contributed by atoms with Crippen LogP contribution >= 0.6 is 0 Å². The minimum Gasteiger partial charge on any atom is -0.310 e. The van der Waals surface area contributed by atoms with Gasteiger partial charge in [-0.2, -0.15) is 4.99 Å². The molecule has 0 atom stereocenters. The first kappa shape index (κ1) is 19.6. The molecule has 1 aromatic heterocycles. The molecule has 5 heteroatoms. The van der Waals surface area contributed by atoms with Crippen LogP contribution in [0.2, 0.25) is 0 Å². The van der Waals surface area contributed by atoms with Gasteiger partial charge in [0.2, 0.25) is 11.5 Å². The Bertz CT molecular complexity index is 1280. The summed E-state index contributed by atoms with van der Waals surface area (Å²) >= 11 is 0. The molecule has 0 aliphatic rings. The molecule has 0 aliphatic heterocycles. The number of amides is 1. The highest BCUT2D eigenvalue weighted by Gasteiger charge is 2.15. The highest BCUT2D eigenvalue weighted by atomic mass is 16.1. The third-order valence-electron chi connectivity index (χ3n) is 5.14. The van der Waals surface area contributed by atoms with Crippen molar-refractivity contribution in [3.63, 3.8) is 0 Å². The maximum Gasteiger partial charge on any atom is 0.245 e. The van der Waals surface area contributed by atoms with Crippen molar-refractivity contribution in [2.24, 2.45) is 4.99 Å². The van der Waals surface area contributed by atoms with E-state index in [1.54, 1.807) is 0 Å². The molecule has 0 unspecified atom stereocenters. The van der Waals surface area contributed by atoms with E-state index in [0.717, 1.165) is 22.2 Å². The van der Waals surface area contributed by atoms with Gasteiger partial charge in [0.05, 0.1) is 17.6 Å². The lowest BCUT2D eigenvalue weighted by Crippen LogP contribution is -2.29. The fourth-order valence-electron chi connectivity index (χ4n) is 3.73. The summed E-state index contributed by atoms with van der Waals surface area (Å²) in [6.07, 6.45) is 0. The smallest absolute Gasteiger partial charge is 0.245 e. The fraction of sp³-hybridized carbons (Fsp3) is 0.160. The van der Waals surface area contributed by atoms with Crippen LogP contribution < -0.4 is 5.62 Å². The molecule has 4 aromatic rings. The van der Waals surface area contributed by atoms with Gasteiger partial charge in [-0.3, -0.25) is 9.59 Å². The Balaban J connectivity index is 1.72. The number of imidazole rings is 1. The van der Waals surface area contributed by atoms with E-state index in [1.807, 2.05) is 94.9 Å². The summed E-state index contributed by atoms with van der Waals surface area (Å²) in [7, 11) is 0. The average Bonchev–Trinajstić information content (AvgIpc) is 3.06. The molecular weight excluding hydrogens is 374 g/mol. The molecule has 150 valence electrons. The maximum atomic E-state index is 13.1. The number of rotatable bonds is 5. The second kappa shape index (κ2) is 8.33. The Morgan fingerprint density at radius 2 is 1.33 bits per heavy atom. The van der Waals surface area contributed by atoms with E-state index in [-0.39, 0.29) is 18.2 Å². The number of hydrogen-bond donors (Lipinski definition) is 0. The number of carbonyl (C=O) groups excluding carboxylic acids is 2. The average molecular weight is 397 g/mol. The maximum absolute atomic E-state index is 13.1. The number of benzene rings is 3. The molecule has 4 rings (SSSR count). The second-order valence-electron chi connectivity index (χ2n) is 7.12. The molecule has 30 heavy (non-hydrogen) atoms. The largest absolute Gasteiger partial charge is 0.310 e. The fourth-order valence-corrected chi connectivity index (χ4v) is 3.73. The molecule has 0 radical (unpaired) electrons. The van der Waals surface area contributed by atoms with Crippen LogP contribution in [0.1, 0.15) is 24.2 Å². The van der Waals surface area contributed by atoms with Crippen LogP contribution in [0.5, 0.6) is 0 Å². The summed E-state index contributed by atoms with van der Waals surface area (Å²) in [6.45, 7) is 4.19. The summed E-state index contributed by atoms with van der Waals surface area (Å²) in [5.74, 6) is -0.320. The molecule has 0 fully saturated rings. The summed E-state index contributed by atoms with van der Waals surface area (Å²) < 4.78 is 3.79. The Morgan fingerprint density at radius 3 is 1.93 bits per heavy atom. The van der Waals surface area contributed by atoms with E-state index in [2.05, 4.69) is 4.99 Å². The van der Waals surface area contributed by atoms with Crippen molar-refractivity contribution in [2.45, 2.75) is 26.9 Å². The first-order valence-electron chi connectivity index (χ1n) is 10.0. The quantitative estimate of drug-likeness (QED) is 0.467. The zero-order chi connectivity index (χ0) is 21.1. The van der Waals surface area contributed by atoms with Crippen molar-refractivity contribution < 1.29 is 9.59 Å². The number of Topliss-reactive ketones (excluding diaryl/α,β-unsaturated/α-hetero) is 1. The molecule has 3 aromatic carbocycles. The van der Waals surface area contributed by atoms with Crippen LogP contribution in [0.4, 0.5) is 0 Å². The Kier molecular flexibility index (Phi) is 5.44. The van der Waals surface area contributed by atoms with Crippen molar-refractivity contribution in [3.05, 3.63) is 90.0 Å². The highest BCUT2D eigenvalue weighted by Crippen LogP contribution is 2.20. The van der Waals surface area contributed by atoms with Gasteiger partial charge in [-0.05, 0) is 30.2 Å². The molecule has 0 saturated heterocycles. The van der Waals surface area contributed by atoms with Crippen LogP contribution in [0.15, 0.2) is 83.9 Å². The topological polar surface area (TPSA) is 56.4 Å². The first-order valence-corrected chi connectivity index (χ1v) is 10.0. The molecule has 0 N–H and O–H groups in total. The predicted molar refractivity (Wildman–Crippen MR) is 118 cm³/mol. The lowest BCUT2D eigenvalue weighted by atomic mass is 10.0. The van der Waals surface area contributed by atoms with Crippen molar-refractivity contribution in [3.8, 4) is 11.1 Å². The summed E-state index contributed by atoms with van der Waals surface area (Å²) in [5, 5.41) is 0.